The van der Waals surface area contributed by atoms with Gasteiger partial charge in [-0.25, -0.2) is 9.78 Å². The van der Waals surface area contributed by atoms with Crippen molar-refractivity contribution in [3.63, 3.8) is 0 Å². The van der Waals surface area contributed by atoms with Crippen LogP contribution >= 0.6 is 11.8 Å². The molecule has 1 aromatic heterocycles. The summed E-state index contributed by atoms with van der Waals surface area (Å²) in [7, 11) is 0. The number of aliphatic carboxylic acids is 1. The Morgan fingerprint density at radius 1 is 1.17 bits per heavy atom. The lowest BCUT2D eigenvalue weighted by Crippen LogP contribution is -2.58. The molecule has 0 saturated carbocycles. The Morgan fingerprint density at radius 3 is 2.37 bits per heavy atom. The lowest BCUT2D eigenvalue weighted by molar-refractivity contribution is -0.142. The van der Waals surface area contributed by atoms with Crippen molar-refractivity contribution in [1.82, 2.24) is 25.9 Å². The molecule has 0 spiro atoms. The van der Waals surface area contributed by atoms with Gasteiger partial charge in [0.25, 0.3) is 0 Å². The van der Waals surface area contributed by atoms with Crippen molar-refractivity contribution in [2.75, 3.05) is 18.6 Å². The number of hydrogen-bond acceptors (Lipinski definition) is 7. The van der Waals surface area contributed by atoms with E-state index in [4.69, 9.17) is 5.73 Å². The predicted octanol–water partition coefficient (Wildman–Crippen LogP) is -1.14. The number of amides is 3. The number of nitrogens with one attached hydrogen (secondary N) is 4. The molecule has 12 heteroatoms. The third-order valence-electron chi connectivity index (χ3n) is 4.29. The molecule has 30 heavy (non-hydrogen) atoms. The van der Waals surface area contributed by atoms with Gasteiger partial charge in [-0.3, -0.25) is 14.4 Å². The number of H-pyrrole nitrogens is 1. The van der Waals surface area contributed by atoms with Crippen molar-refractivity contribution in [3.8, 4) is 0 Å². The molecule has 0 bridgehead atoms. The van der Waals surface area contributed by atoms with Gasteiger partial charge in [-0.2, -0.15) is 11.8 Å². The molecule has 1 aromatic rings. The van der Waals surface area contributed by atoms with Crippen LogP contribution in [-0.2, 0) is 25.6 Å². The lowest BCUT2D eigenvalue weighted by atomic mass is 10.0. The maximum atomic E-state index is 12.8. The number of aromatic amines is 1. The highest BCUT2D eigenvalue weighted by molar-refractivity contribution is 7.98. The molecule has 3 unspecified atom stereocenters. The van der Waals surface area contributed by atoms with Gasteiger partial charge in [0.2, 0.25) is 17.7 Å². The maximum Gasteiger partial charge on any atom is 0.326 e. The molecule has 1 rings (SSSR count). The molecule has 0 aliphatic carbocycles. The van der Waals surface area contributed by atoms with E-state index in [1.165, 1.54) is 24.3 Å². The topological polar surface area (TPSA) is 179 Å². The number of aromatic nitrogens is 2. The minimum absolute atomic E-state index is 0.121. The van der Waals surface area contributed by atoms with Crippen molar-refractivity contribution in [1.29, 1.82) is 0 Å². The van der Waals surface area contributed by atoms with Gasteiger partial charge in [0, 0.05) is 18.3 Å². The van der Waals surface area contributed by atoms with Crippen LogP contribution in [0.15, 0.2) is 12.5 Å². The quantitative estimate of drug-likeness (QED) is 0.222. The normalized spacial score (nSPS) is 13.9. The Labute approximate surface area is 179 Å². The average molecular weight is 443 g/mol. The first kappa shape index (κ1) is 25.4. The van der Waals surface area contributed by atoms with Crippen molar-refractivity contribution < 1.29 is 24.3 Å². The maximum absolute atomic E-state index is 12.8. The molecule has 0 saturated heterocycles. The smallest absolute Gasteiger partial charge is 0.326 e. The number of carbonyl (C=O) groups excluding carboxylic acids is 3. The largest absolute Gasteiger partial charge is 0.480 e. The number of thioether (sulfide) groups is 1. The van der Waals surface area contributed by atoms with Gasteiger partial charge in [0.1, 0.15) is 18.1 Å². The molecule has 0 fully saturated rings. The molecular weight excluding hydrogens is 412 g/mol. The van der Waals surface area contributed by atoms with Gasteiger partial charge >= 0.3 is 5.97 Å². The standard InChI is InChI=1S/C18H30N6O5S/c1-10(2)15(17(27)23-12(18(28)29)4-5-30-3)24-16(26)13(22-14(25)7-19)6-11-8-20-9-21-11/h8-10,12-13,15H,4-7,19H2,1-3H3,(H,20,21)(H,22,25)(H,23,27)(H,24,26)(H,28,29). The van der Waals surface area contributed by atoms with Gasteiger partial charge in [-0.15, -0.1) is 0 Å². The molecule has 7 N–H and O–H groups in total. The summed E-state index contributed by atoms with van der Waals surface area (Å²) >= 11 is 1.47. The van der Waals surface area contributed by atoms with Crippen LogP contribution in [0.2, 0.25) is 0 Å². The Balaban J connectivity index is 2.90. The second kappa shape index (κ2) is 12.9. The van der Waals surface area contributed by atoms with E-state index in [1.54, 1.807) is 13.8 Å². The first-order valence-electron chi connectivity index (χ1n) is 9.48. The van der Waals surface area contributed by atoms with Crippen LogP contribution in [0.5, 0.6) is 0 Å². The van der Waals surface area contributed by atoms with Crippen LogP contribution in [0.25, 0.3) is 0 Å². The first-order chi connectivity index (χ1) is 14.2. The highest BCUT2D eigenvalue weighted by atomic mass is 32.2. The minimum atomic E-state index is -1.14. The van der Waals surface area contributed by atoms with Crippen molar-refractivity contribution >= 4 is 35.5 Å². The fraction of sp³-hybridized carbons (Fsp3) is 0.611. The molecule has 3 amide bonds. The second-order valence-electron chi connectivity index (χ2n) is 7.02. The third kappa shape index (κ3) is 8.41. The number of nitrogens with zero attached hydrogens (tertiary/aromatic N) is 1. The van der Waals surface area contributed by atoms with Crippen LogP contribution in [0.1, 0.15) is 26.0 Å². The summed E-state index contributed by atoms with van der Waals surface area (Å²) in [6.07, 6.45) is 5.18. The molecule has 0 aliphatic heterocycles. The predicted molar refractivity (Wildman–Crippen MR) is 113 cm³/mol. The number of nitrogens with two attached hydrogens (primary N) is 1. The second-order valence-corrected chi connectivity index (χ2v) is 8.00. The van der Waals surface area contributed by atoms with Crippen molar-refractivity contribution in [2.45, 2.75) is 44.8 Å². The van der Waals surface area contributed by atoms with E-state index in [-0.39, 0.29) is 25.3 Å². The zero-order valence-electron chi connectivity index (χ0n) is 17.3. The zero-order chi connectivity index (χ0) is 22.7. The highest BCUT2D eigenvalue weighted by Crippen LogP contribution is 2.07. The summed E-state index contributed by atoms with van der Waals surface area (Å²) in [4.78, 5) is 55.4. The van der Waals surface area contributed by atoms with Crippen molar-refractivity contribution in [3.05, 3.63) is 18.2 Å². The minimum Gasteiger partial charge on any atom is -0.480 e. The lowest BCUT2D eigenvalue weighted by Gasteiger charge is -2.26. The number of carbonyl (C=O) groups is 4. The fourth-order valence-corrected chi connectivity index (χ4v) is 3.09. The fourth-order valence-electron chi connectivity index (χ4n) is 2.62. The summed E-state index contributed by atoms with van der Waals surface area (Å²) in [5.41, 5.74) is 5.94. The summed E-state index contributed by atoms with van der Waals surface area (Å²) < 4.78 is 0. The monoisotopic (exact) mass is 442 g/mol. The molecule has 3 atom stereocenters. The summed E-state index contributed by atoms with van der Waals surface area (Å²) in [5.74, 6) is -2.61. The van der Waals surface area contributed by atoms with E-state index >= 15 is 0 Å². The SMILES string of the molecule is CSCCC(NC(=O)C(NC(=O)C(Cc1cnc[nH]1)NC(=O)CN)C(C)C)C(=O)O. The molecule has 11 nitrogen and oxygen atoms in total. The summed E-state index contributed by atoms with van der Waals surface area (Å²) in [6, 6.07) is -3.02. The number of rotatable bonds is 13. The molecule has 168 valence electrons. The third-order valence-corrected chi connectivity index (χ3v) is 4.93. The van der Waals surface area contributed by atoms with E-state index in [0.717, 1.165) is 0 Å². The number of carboxylic acid groups (broad SMARTS) is 1. The van der Waals surface area contributed by atoms with E-state index in [9.17, 15) is 24.3 Å². The molecule has 1 heterocycles. The molecule has 0 aliphatic rings. The van der Waals surface area contributed by atoms with Crippen LogP contribution in [-0.4, -0.2) is 75.4 Å². The van der Waals surface area contributed by atoms with E-state index < -0.39 is 41.8 Å². The van der Waals surface area contributed by atoms with Gasteiger partial charge in [-0.1, -0.05) is 13.8 Å². The number of hydrogen-bond donors (Lipinski definition) is 6. The zero-order valence-corrected chi connectivity index (χ0v) is 18.1. The van der Waals surface area contributed by atoms with Gasteiger partial charge in [-0.05, 0) is 24.3 Å². The Hall–Kier alpha value is -2.60. The van der Waals surface area contributed by atoms with Crippen LogP contribution in [0.4, 0.5) is 0 Å². The molecule has 0 radical (unpaired) electrons. The Morgan fingerprint density at radius 2 is 1.87 bits per heavy atom. The Bertz CT molecular complexity index is 712. The summed E-state index contributed by atoms with van der Waals surface area (Å²) in [6.45, 7) is 3.16. The number of carboxylic acids is 1. The first-order valence-corrected chi connectivity index (χ1v) is 10.9. The molecular formula is C18H30N6O5S. The van der Waals surface area contributed by atoms with Crippen LogP contribution in [0.3, 0.4) is 0 Å². The van der Waals surface area contributed by atoms with Gasteiger partial charge < -0.3 is 31.8 Å². The number of imidazole rings is 1. The Kier molecular flexibility index (Phi) is 10.9. The van der Waals surface area contributed by atoms with E-state index in [0.29, 0.717) is 11.4 Å². The van der Waals surface area contributed by atoms with Crippen LogP contribution in [0, 0.1) is 5.92 Å². The van der Waals surface area contributed by atoms with Crippen LogP contribution < -0.4 is 21.7 Å². The molecule has 0 aromatic carbocycles. The van der Waals surface area contributed by atoms with Gasteiger partial charge in [0.15, 0.2) is 0 Å². The van der Waals surface area contributed by atoms with E-state index in [1.807, 2.05) is 6.26 Å². The summed E-state index contributed by atoms with van der Waals surface area (Å²) in [5, 5.41) is 17.0. The van der Waals surface area contributed by atoms with Gasteiger partial charge in [0.05, 0.1) is 12.9 Å². The van der Waals surface area contributed by atoms with E-state index in [2.05, 4.69) is 25.9 Å². The average Bonchev–Trinajstić information content (AvgIpc) is 3.20. The highest BCUT2D eigenvalue weighted by Gasteiger charge is 2.31. The van der Waals surface area contributed by atoms with Crippen molar-refractivity contribution in [2.24, 2.45) is 11.7 Å².